The molecule has 0 unspecified atom stereocenters. The molecule has 0 aromatic heterocycles. The summed E-state index contributed by atoms with van der Waals surface area (Å²) in [5.41, 5.74) is 4.14. The second kappa shape index (κ2) is 6.27. The highest BCUT2D eigenvalue weighted by atomic mass is 16.4. The van der Waals surface area contributed by atoms with Gasteiger partial charge in [0.1, 0.15) is 0 Å². The summed E-state index contributed by atoms with van der Waals surface area (Å²) in [5, 5.41) is 12.1. The summed E-state index contributed by atoms with van der Waals surface area (Å²) in [6.07, 6.45) is -1.28. The largest absolute Gasteiger partial charge is 0.464 e. The molecule has 0 bridgehead atoms. The van der Waals surface area contributed by atoms with E-state index in [1.165, 1.54) is 12.6 Å². The lowest BCUT2D eigenvalue weighted by Gasteiger charge is -2.22. The van der Waals surface area contributed by atoms with E-state index in [1.54, 1.807) is 0 Å². The zero-order valence-corrected chi connectivity index (χ0v) is 12.2. The molecule has 110 valence electrons. The molecule has 1 rings (SSSR count). The lowest BCUT2D eigenvalue weighted by atomic mass is 9.87. The number of hydrazine groups is 1. The van der Waals surface area contributed by atoms with Crippen molar-refractivity contribution in [1.82, 2.24) is 15.8 Å². The first-order chi connectivity index (χ1) is 9.24. The third kappa shape index (κ3) is 4.46. The molecule has 0 radical (unpaired) electrons. The van der Waals surface area contributed by atoms with Crippen LogP contribution in [0.15, 0.2) is 24.3 Å². The van der Waals surface area contributed by atoms with Crippen LogP contribution in [0.1, 0.15) is 31.9 Å². The van der Waals surface area contributed by atoms with Gasteiger partial charge in [0.05, 0.1) is 6.54 Å². The van der Waals surface area contributed by atoms with Crippen LogP contribution in [-0.2, 0) is 12.0 Å². The number of hydrogen-bond donors (Lipinski definition) is 3. The van der Waals surface area contributed by atoms with Crippen LogP contribution >= 0.6 is 0 Å². The standard InChI is InChI=1S/C14H21N3O3/c1-14(2,3)11-7-5-10(6-8-11)9-17(12(18)15-4)16-13(19)20/h5-8,16H,9H2,1-4H3,(H,15,18)(H,19,20). The Morgan fingerprint density at radius 2 is 1.75 bits per heavy atom. The van der Waals surface area contributed by atoms with Gasteiger partial charge in [0.2, 0.25) is 0 Å². The monoisotopic (exact) mass is 279 g/mol. The molecule has 1 aromatic rings. The molecule has 3 amide bonds. The maximum atomic E-state index is 11.6. The number of amides is 3. The van der Waals surface area contributed by atoms with E-state index in [0.717, 1.165) is 10.6 Å². The van der Waals surface area contributed by atoms with E-state index in [2.05, 4.69) is 31.5 Å². The molecule has 0 saturated heterocycles. The number of nitrogens with zero attached hydrogens (tertiary/aromatic N) is 1. The lowest BCUT2D eigenvalue weighted by molar-refractivity contribution is 0.140. The summed E-state index contributed by atoms with van der Waals surface area (Å²) < 4.78 is 0. The van der Waals surface area contributed by atoms with Crippen LogP contribution in [0.3, 0.4) is 0 Å². The SMILES string of the molecule is CNC(=O)N(Cc1ccc(C(C)(C)C)cc1)NC(=O)O. The molecule has 6 nitrogen and oxygen atoms in total. The first-order valence-electron chi connectivity index (χ1n) is 6.32. The molecule has 0 atom stereocenters. The van der Waals surface area contributed by atoms with Gasteiger partial charge in [-0.3, -0.25) is 0 Å². The van der Waals surface area contributed by atoms with Crippen molar-refractivity contribution in [2.75, 3.05) is 7.05 Å². The number of carbonyl (C=O) groups excluding carboxylic acids is 1. The van der Waals surface area contributed by atoms with E-state index in [1.807, 2.05) is 24.3 Å². The third-order valence-corrected chi connectivity index (χ3v) is 2.85. The van der Waals surface area contributed by atoms with Crippen molar-refractivity contribution in [3.8, 4) is 0 Å². The van der Waals surface area contributed by atoms with Crippen molar-refractivity contribution < 1.29 is 14.7 Å². The minimum absolute atomic E-state index is 0.0539. The Hall–Kier alpha value is -2.24. The van der Waals surface area contributed by atoms with Crippen molar-refractivity contribution in [3.05, 3.63) is 35.4 Å². The van der Waals surface area contributed by atoms with Crippen LogP contribution in [0.5, 0.6) is 0 Å². The quantitative estimate of drug-likeness (QED) is 0.727. The van der Waals surface area contributed by atoms with Gasteiger partial charge in [-0.1, -0.05) is 45.0 Å². The minimum atomic E-state index is -1.28. The van der Waals surface area contributed by atoms with Gasteiger partial charge in [0.15, 0.2) is 0 Å². The Kier molecular flexibility index (Phi) is 4.96. The summed E-state index contributed by atoms with van der Waals surface area (Å²) in [6.45, 7) is 6.51. The van der Waals surface area contributed by atoms with Gasteiger partial charge < -0.3 is 10.4 Å². The molecule has 0 saturated carbocycles. The maximum Gasteiger partial charge on any atom is 0.423 e. The fourth-order valence-corrected chi connectivity index (χ4v) is 1.71. The fraction of sp³-hybridized carbons (Fsp3) is 0.429. The smallest absolute Gasteiger partial charge is 0.423 e. The van der Waals surface area contributed by atoms with Crippen molar-refractivity contribution in [2.24, 2.45) is 0 Å². The molecule has 6 heteroatoms. The van der Waals surface area contributed by atoms with Gasteiger partial charge in [0.25, 0.3) is 0 Å². The Labute approximate surface area is 118 Å². The van der Waals surface area contributed by atoms with Gasteiger partial charge in [-0.2, -0.15) is 0 Å². The number of urea groups is 1. The molecule has 0 aliphatic rings. The zero-order chi connectivity index (χ0) is 15.3. The van der Waals surface area contributed by atoms with Crippen LogP contribution in [0.2, 0.25) is 0 Å². The van der Waals surface area contributed by atoms with Crippen LogP contribution in [0.25, 0.3) is 0 Å². The lowest BCUT2D eigenvalue weighted by Crippen LogP contribution is -2.48. The molecule has 0 heterocycles. The molecule has 3 N–H and O–H groups in total. The average molecular weight is 279 g/mol. The molecule has 20 heavy (non-hydrogen) atoms. The number of hydrogen-bond acceptors (Lipinski definition) is 2. The highest BCUT2D eigenvalue weighted by molar-refractivity contribution is 5.76. The number of rotatable bonds is 2. The van der Waals surface area contributed by atoms with E-state index in [-0.39, 0.29) is 12.0 Å². The Balaban J connectivity index is 2.83. The number of nitrogens with one attached hydrogen (secondary N) is 2. The van der Waals surface area contributed by atoms with E-state index >= 15 is 0 Å². The Morgan fingerprint density at radius 1 is 1.20 bits per heavy atom. The molecule has 0 aliphatic heterocycles. The average Bonchev–Trinajstić information content (AvgIpc) is 2.36. The van der Waals surface area contributed by atoms with Crippen LogP contribution in [-0.4, -0.2) is 29.3 Å². The summed E-state index contributed by atoms with van der Waals surface area (Å²) in [4.78, 5) is 22.2. The summed E-state index contributed by atoms with van der Waals surface area (Å²) in [6, 6.07) is 7.24. The summed E-state index contributed by atoms with van der Waals surface area (Å²) >= 11 is 0. The van der Waals surface area contributed by atoms with Gasteiger partial charge >= 0.3 is 12.1 Å². The Bertz CT molecular complexity index is 477. The van der Waals surface area contributed by atoms with Crippen LogP contribution in [0.4, 0.5) is 9.59 Å². The predicted octanol–water partition coefficient (Wildman–Crippen LogP) is 2.31. The first kappa shape index (κ1) is 15.8. The number of carbonyl (C=O) groups is 2. The topological polar surface area (TPSA) is 81.7 Å². The van der Waals surface area contributed by atoms with Gasteiger partial charge in [-0.15, -0.1) is 0 Å². The predicted molar refractivity (Wildman–Crippen MR) is 76.3 cm³/mol. The highest BCUT2D eigenvalue weighted by Crippen LogP contribution is 2.22. The summed E-state index contributed by atoms with van der Waals surface area (Å²) in [7, 11) is 1.45. The number of carboxylic acid groups (broad SMARTS) is 1. The maximum absolute atomic E-state index is 11.6. The highest BCUT2D eigenvalue weighted by Gasteiger charge is 2.16. The minimum Gasteiger partial charge on any atom is -0.464 e. The molecule has 1 aromatic carbocycles. The molecule has 0 spiro atoms. The summed E-state index contributed by atoms with van der Waals surface area (Å²) in [5.74, 6) is 0. The van der Waals surface area contributed by atoms with E-state index in [0.29, 0.717) is 0 Å². The molecule has 0 aliphatic carbocycles. The van der Waals surface area contributed by atoms with Crippen molar-refractivity contribution in [1.29, 1.82) is 0 Å². The number of benzene rings is 1. The van der Waals surface area contributed by atoms with E-state index in [9.17, 15) is 9.59 Å². The van der Waals surface area contributed by atoms with Crippen molar-refractivity contribution >= 4 is 12.1 Å². The molecular weight excluding hydrogens is 258 g/mol. The van der Waals surface area contributed by atoms with Crippen LogP contribution < -0.4 is 10.7 Å². The second-order valence-corrected chi connectivity index (χ2v) is 5.51. The van der Waals surface area contributed by atoms with Gasteiger partial charge in [-0.25, -0.2) is 20.0 Å². The second-order valence-electron chi connectivity index (χ2n) is 5.51. The fourth-order valence-electron chi connectivity index (χ4n) is 1.71. The normalized spacial score (nSPS) is 10.8. The third-order valence-electron chi connectivity index (χ3n) is 2.85. The van der Waals surface area contributed by atoms with Crippen molar-refractivity contribution in [3.63, 3.8) is 0 Å². The Morgan fingerprint density at radius 3 is 2.15 bits per heavy atom. The zero-order valence-electron chi connectivity index (χ0n) is 12.2. The molecule has 0 fully saturated rings. The van der Waals surface area contributed by atoms with E-state index in [4.69, 9.17) is 5.11 Å². The van der Waals surface area contributed by atoms with Crippen molar-refractivity contribution in [2.45, 2.75) is 32.7 Å². The first-order valence-corrected chi connectivity index (χ1v) is 6.32. The molecular formula is C14H21N3O3. The van der Waals surface area contributed by atoms with Crippen LogP contribution in [0, 0.1) is 0 Å². The van der Waals surface area contributed by atoms with Gasteiger partial charge in [-0.05, 0) is 16.5 Å². The van der Waals surface area contributed by atoms with Gasteiger partial charge in [0, 0.05) is 7.05 Å². The van der Waals surface area contributed by atoms with E-state index < -0.39 is 12.1 Å².